The van der Waals surface area contributed by atoms with Crippen molar-refractivity contribution in [1.29, 1.82) is 0 Å². The molecule has 0 atom stereocenters. The molecule has 2 aromatic heterocycles. The quantitative estimate of drug-likeness (QED) is 0.550. The Morgan fingerprint density at radius 1 is 1.50 bits per heavy atom. The van der Waals surface area contributed by atoms with Gasteiger partial charge < -0.3 is 4.52 Å². The van der Waals surface area contributed by atoms with E-state index in [-0.39, 0.29) is 0 Å². The van der Waals surface area contributed by atoms with E-state index in [1.807, 2.05) is 20.0 Å². The van der Waals surface area contributed by atoms with Crippen molar-refractivity contribution in [3.05, 3.63) is 23.8 Å². The number of fused-ring (bicyclic) bond motifs is 1. The van der Waals surface area contributed by atoms with E-state index in [0.717, 1.165) is 16.9 Å². The first-order valence-corrected chi connectivity index (χ1v) is 3.17. The van der Waals surface area contributed by atoms with Crippen LogP contribution in [0.15, 0.2) is 17.0 Å². The second-order valence-corrected chi connectivity index (χ2v) is 2.39. The molecule has 0 unspecified atom stereocenters. The molecular weight excluding hydrogens is 128 g/mol. The molecule has 0 bridgehead atoms. The minimum Gasteiger partial charge on any atom is -0.381 e. The number of imidazole rings is 1. The summed E-state index contributed by atoms with van der Waals surface area (Å²) in [7, 11) is 0. The maximum absolute atomic E-state index is 5.17. The molecule has 0 N–H and O–H groups in total. The number of hydrogen-bond donors (Lipinski definition) is 0. The minimum atomic E-state index is 0.892. The molecule has 2 aromatic rings. The van der Waals surface area contributed by atoms with Gasteiger partial charge in [-0.25, -0.2) is 4.98 Å². The molecule has 0 saturated heterocycles. The minimum absolute atomic E-state index is 0.892. The molecule has 10 heavy (non-hydrogen) atoms. The zero-order valence-electron chi connectivity index (χ0n) is 5.96. The first-order valence-electron chi connectivity index (χ1n) is 3.17. The summed E-state index contributed by atoms with van der Waals surface area (Å²) in [5.74, 6) is 0.892. The number of nitrogens with zero attached hydrogens (tertiary/aromatic N) is 2. The number of aromatic nitrogens is 2. The second-order valence-electron chi connectivity index (χ2n) is 2.39. The topological polar surface area (TPSA) is 30.4 Å². The van der Waals surface area contributed by atoms with Gasteiger partial charge in [-0.15, -0.1) is 0 Å². The molecule has 0 amide bonds. The molecule has 0 aromatic carbocycles. The average molecular weight is 136 g/mol. The monoisotopic (exact) mass is 136 g/mol. The second kappa shape index (κ2) is 1.62. The molecule has 0 spiro atoms. The van der Waals surface area contributed by atoms with Gasteiger partial charge in [0.15, 0.2) is 0 Å². The SMILES string of the molecule is Cc1con2c(C)ncc12. The summed E-state index contributed by atoms with van der Waals surface area (Å²) in [5.41, 5.74) is 2.18. The fraction of sp³-hybridized carbons (Fsp3) is 0.286. The third kappa shape index (κ3) is 0.518. The predicted molar refractivity (Wildman–Crippen MR) is 36.9 cm³/mol. The smallest absolute Gasteiger partial charge is 0.142 e. The molecule has 2 heterocycles. The van der Waals surface area contributed by atoms with Crippen LogP contribution in [0.4, 0.5) is 0 Å². The van der Waals surface area contributed by atoms with Gasteiger partial charge >= 0.3 is 0 Å². The van der Waals surface area contributed by atoms with E-state index in [9.17, 15) is 0 Å². The Bertz CT molecular complexity index is 322. The van der Waals surface area contributed by atoms with Crippen LogP contribution in [-0.4, -0.2) is 9.56 Å². The van der Waals surface area contributed by atoms with Gasteiger partial charge in [-0.1, -0.05) is 0 Å². The summed E-state index contributed by atoms with van der Waals surface area (Å²) in [6.45, 7) is 3.91. The molecular formula is C7H8N2O. The summed E-state index contributed by atoms with van der Waals surface area (Å²) < 4.78 is 6.89. The normalized spacial score (nSPS) is 11.0. The van der Waals surface area contributed by atoms with Crippen molar-refractivity contribution in [2.45, 2.75) is 13.8 Å². The summed E-state index contributed by atoms with van der Waals surface area (Å²) >= 11 is 0. The fourth-order valence-electron chi connectivity index (χ4n) is 1.02. The van der Waals surface area contributed by atoms with E-state index >= 15 is 0 Å². The summed E-state index contributed by atoms with van der Waals surface area (Å²) in [6, 6.07) is 0. The lowest BCUT2D eigenvalue weighted by Crippen LogP contribution is -1.79. The molecule has 2 rings (SSSR count). The van der Waals surface area contributed by atoms with E-state index in [2.05, 4.69) is 4.98 Å². The average Bonchev–Trinajstić information content (AvgIpc) is 2.41. The molecule has 0 radical (unpaired) electrons. The molecule has 52 valence electrons. The van der Waals surface area contributed by atoms with Crippen molar-refractivity contribution in [2.24, 2.45) is 0 Å². The molecule has 3 nitrogen and oxygen atoms in total. The lowest BCUT2D eigenvalue weighted by atomic mass is 10.3. The molecule has 3 heteroatoms. The Labute approximate surface area is 58.2 Å². The van der Waals surface area contributed by atoms with Gasteiger partial charge in [0.25, 0.3) is 0 Å². The highest BCUT2D eigenvalue weighted by Gasteiger charge is 2.03. The van der Waals surface area contributed by atoms with Crippen LogP contribution in [0.2, 0.25) is 0 Å². The van der Waals surface area contributed by atoms with Gasteiger partial charge in [0.1, 0.15) is 17.6 Å². The highest BCUT2D eigenvalue weighted by atomic mass is 16.5. The largest absolute Gasteiger partial charge is 0.381 e. The van der Waals surface area contributed by atoms with Crippen molar-refractivity contribution in [3.63, 3.8) is 0 Å². The third-order valence-electron chi connectivity index (χ3n) is 1.63. The summed E-state index contributed by atoms with van der Waals surface area (Å²) in [5, 5.41) is 0. The van der Waals surface area contributed by atoms with Gasteiger partial charge in [0, 0.05) is 5.56 Å². The van der Waals surface area contributed by atoms with E-state index in [0.29, 0.717) is 0 Å². The molecule has 0 aliphatic carbocycles. The fourth-order valence-corrected chi connectivity index (χ4v) is 1.02. The first-order chi connectivity index (χ1) is 4.79. The van der Waals surface area contributed by atoms with Crippen LogP contribution < -0.4 is 0 Å². The van der Waals surface area contributed by atoms with Crippen LogP contribution in [0.25, 0.3) is 5.52 Å². The maximum atomic E-state index is 5.17. The highest BCUT2D eigenvalue weighted by molar-refractivity contribution is 5.50. The molecule has 0 aliphatic heterocycles. The Balaban J connectivity index is 2.95. The van der Waals surface area contributed by atoms with Gasteiger partial charge in [-0.05, 0) is 13.8 Å². The van der Waals surface area contributed by atoms with Crippen LogP contribution in [0.3, 0.4) is 0 Å². The van der Waals surface area contributed by atoms with E-state index < -0.39 is 0 Å². The van der Waals surface area contributed by atoms with Gasteiger partial charge in [0.2, 0.25) is 0 Å². The van der Waals surface area contributed by atoms with E-state index in [1.165, 1.54) is 0 Å². The summed E-state index contributed by atoms with van der Waals surface area (Å²) in [4.78, 5) is 4.09. The van der Waals surface area contributed by atoms with Crippen molar-refractivity contribution >= 4 is 5.52 Å². The molecule has 0 aliphatic rings. The van der Waals surface area contributed by atoms with Crippen molar-refractivity contribution < 1.29 is 4.52 Å². The Kier molecular flexibility index (Phi) is 0.897. The number of aryl methyl sites for hydroxylation is 2. The predicted octanol–water partition coefficient (Wildman–Crippen LogP) is 1.54. The van der Waals surface area contributed by atoms with Crippen molar-refractivity contribution in [2.75, 3.05) is 0 Å². The summed E-state index contributed by atoms with van der Waals surface area (Å²) in [6.07, 6.45) is 3.54. The van der Waals surface area contributed by atoms with Gasteiger partial charge in [-0.3, -0.25) is 0 Å². The number of hydrogen-bond acceptors (Lipinski definition) is 2. The van der Waals surface area contributed by atoms with Crippen LogP contribution >= 0.6 is 0 Å². The van der Waals surface area contributed by atoms with Crippen LogP contribution in [0.5, 0.6) is 0 Å². The van der Waals surface area contributed by atoms with Gasteiger partial charge in [-0.2, -0.15) is 4.57 Å². The Morgan fingerprint density at radius 2 is 2.30 bits per heavy atom. The lowest BCUT2D eigenvalue weighted by Gasteiger charge is -1.82. The van der Waals surface area contributed by atoms with Crippen LogP contribution in [-0.2, 0) is 0 Å². The zero-order valence-corrected chi connectivity index (χ0v) is 5.96. The molecule has 0 fully saturated rings. The van der Waals surface area contributed by atoms with Crippen LogP contribution in [0, 0.1) is 13.8 Å². The first kappa shape index (κ1) is 5.53. The Hall–Kier alpha value is -1.25. The standard InChI is InChI=1S/C7H8N2O/c1-5-4-10-9-6(2)8-3-7(5)9/h3-4H,1-2H3. The Morgan fingerprint density at radius 3 is 3.00 bits per heavy atom. The van der Waals surface area contributed by atoms with Crippen LogP contribution in [0.1, 0.15) is 11.4 Å². The number of rotatable bonds is 0. The van der Waals surface area contributed by atoms with Gasteiger partial charge in [0.05, 0.1) is 6.20 Å². The zero-order chi connectivity index (χ0) is 7.14. The van der Waals surface area contributed by atoms with Crippen molar-refractivity contribution in [3.8, 4) is 0 Å². The van der Waals surface area contributed by atoms with Crippen molar-refractivity contribution in [1.82, 2.24) is 9.56 Å². The van der Waals surface area contributed by atoms with E-state index in [1.54, 1.807) is 10.8 Å². The lowest BCUT2D eigenvalue weighted by molar-refractivity contribution is 0.367. The molecule has 0 saturated carbocycles. The van der Waals surface area contributed by atoms with E-state index in [4.69, 9.17) is 4.52 Å². The highest BCUT2D eigenvalue weighted by Crippen LogP contribution is 2.11. The maximum Gasteiger partial charge on any atom is 0.142 e. The third-order valence-corrected chi connectivity index (χ3v) is 1.63.